The molecule has 2 N–H and O–H groups in total. The molecule has 7 heteroatoms. The van der Waals surface area contributed by atoms with Crippen LogP contribution in [0, 0.1) is 6.92 Å². The van der Waals surface area contributed by atoms with Crippen molar-refractivity contribution >= 4 is 23.5 Å². The molecule has 1 amide bonds. The van der Waals surface area contributed by atoms with E-state index in [-0.39, 0.29) is 5.91 Å². The van der Waals surface area contributed by atoms with Crippen molar-refractivity contribution in [3.63, 3.8) is 0 Å². The number of nitrogens with zero attached hydrogens (tertiary/aromatic N) is 3. The van der Waals surface area contributed by atoms with Crippen molar-refractivity contribution in [2.45, 2.75) is 19.9 Å². The predicted molar refractivity (Wildman–Crippen MR) is 106 cm³/mol. The summed E-state index contributed by atoms with van der Waals surface area (Å²) in [6.07, 6.45) is 4.19. The molecule has 3 rings (SSSR count). The first-order valence-corrected chi connectivity index (χ1v) is 8.99. The second-order valence-corrected chi connectivity index (χ2v) is 6.50. The van der Waals surface area contributed by atoms with Crippen LogP contribution in [0.3, 0.4) is 0 Å². The standard InChI is InChI=1S/C20H20ClN5O/c1-14-12-18(19(27)24-13-16-6-9-22-10-7-16)26-20(25-14)23-11-8-15-2-4-17(21)5-3-15/h2-7,9-10,12H,8,11,13H2,1H3,(H,24,27)(H,23,25,26). The van der Waals surface area contributed by atoms with Gasteiger partial charge in [0.25, 0.3) is 5.91 Å². The van der Waals surface area contributed by atoms with Gasteiger partial charge in [-0.05, 0) is 54.8 Å². The molecule has 3 aromatic rings. The Bertz CT molecular complexity index is 900. The highest BCUT2D eigenvalue weighted by atomic mass is 35.5. The van der Waals surface area contributed by atoms with E-state index in [9.17, 15) is 4.79 Å². The number of aromatic nitrogens is 3. The Labute approximate surface area is 163 Å². The summed E-state index contributed by atoms with van der Waals surface area (Å²) in [7, 11) is 0. The molecule has 0 aliphatic heterocycles. The third kappa shape index (κ3) is 5.76. The summed E-state index contributed by atoms with van der Waals surface area (Å²) < 4.78 is 0. The van der Waals surface area contributed by atoms with Crippen LogP contribution in [0.2, 0.25) is 5.02 Å². The highest BCUT2D eigenvalue weighted by molar-refractivity contribution is 6.30. The molecule has 0 unspecified atom stereocenters. The Morgan fingerprint density at radius 3 is 2.52 bits per heavy atom. The molecule has 1 aromatic carbocycles. The van der Waals surface area contributed by atoms with Crippen LogP contribution in [0.15, 0.2) is 54.9 Å². The van der Waals surface area contributed by atoms with Gasteiger partial charge in [-0.2, -0.15) is 0 Å². The molecule has 0 saturated heterocycles. The maximum absolute atomic E-state index is 12.4. The summed E-state index contributed by atoms with van der Waals surface area (Å²) in [5.74, 6) is 0.205. The molecule has 0 radical (unpaired) electrons. The van der Waals surface area contributed by atoms with Gasteiger partial charge in [-0.15, -0.1) is 0 Å². The van der Waals surface area contributed by atoms with Crippen LogP contribution in [0.4, 0.5) is 5.95 Å². The highest BCUT2D eigenvalue weighted by Crippen LogP contribution is 2.10. The van der Waals surface area contributed by atoms with Gasteiger partial charge in [0, 0.05) is 36.2 Å². The maximum atomic E-state index is 12.4. The Morgan fingerprint density at radius 2 is 1.78 bits per heavy atom. The van der Waals surface area contributed by atoms with E-state index < -0.39 is 0 Å². The number of hydrogen-bond donors (Lipinski definition) is 2. The first kappa shape index (κ1) is 18.8. The summed E-state index contributed by atoms with van der Waals surface area (Å²) in [4.78, 5) is 25.0. The van der Waals surface area contributed by atoms with Crippen molar-refractivity contribution in [2.24, 2.45) is 0 Å². The molecule has 0 fully saturated rings. The van der Waals surface area contributed by atoms with E-state index >= 15 is 0 Å². The molecule has 27 heavy (non-hydrogen) atoms. The minimum atomic E-state index is -0.238. The lowest BCUT2D eigenvalue weighted by atomic mass is 10.1. The first-order valence-electron chi connectivity index (χ1n) is 8.61. The van der Waals surface area contributed by atoms with Crippen LogP contribution in [-0.4, -0.2) is 27.4 Å². The van der Waals surface area contributed by atoms with Gasteiger partial charge in [-0.1, -0.05) is 23.7 Å². The fraction of sp³-hybridized carbons (Fsp3) is 0.200. The average Bonchev–Trinajstić information content (AvgIpc) is 2.68. The minimum Gasteiger partial charge on any atom is -0.354 e. The zero-order valence-corrected chi connectivity index (χ0v) is 15.7. The quantitative estimate of drug-likeness (QED) is 0.655. The number of hydrogen-bond acceptors (Lipinski definition) is 5. The number of nitrogens with one attached hydrogen (secondary N) is 2. The molecular weight excluding hydrogens is 362 g/mol. The molecule has 0 spiro atoms. The summed E-state index contributed by atoms with van der Waals surface area (Å²) >= 11 is 5.89. The number of carbonyl (C=O) groups is 1. The number of anilines is 1. The van der Waals surface area contributed by atoms with Crippen LogP contribution in [0.25, 0.3) is 0 Å². The molecule has 6 nitrogen and oxygen atoms in total. The van der Waals surface area contributed by atoms with Crippen LogP contribution in [0.1, 0.15) is 27.3 Å². The van der Waals surface area contributed by atoms with Crippen molar-refractivity contribution in [2.75, 3.05) is 11.9 Å². The van der Waals surface area contributed by atoms with Gasteiger partial charge in [-0.25, -0.2) is 9.97 Å². The molecular formula is C20H20ClN5O. The number of halogens is 1. The van der Waals surface area contributed by atoms with Crippen molar-refractivity contribution < 1.29 is 4.79 Å². The second kappa shape index (κ2) is 9.09. The fourth-order valence-corrected chi connectivity index (χ4v) is 2.63. The van der Waals surface area contributed by atoms with E-state index in [1.807, 2.05) is 43.3 Å². The topological polar surface area (TPSA) is 79.8 Å². The molecule has 0 bridgehead atoms. The molecule has 0 saturated carbocycles. The summed E-state index contributed by atoms with van der Waals surface area (Å²) in [5, 5.41) is 6.75. The normalized spacial score (nSPS) is 10.4. The van der Waals surface area contributed by atoms with Crippen molar-refractivity contribution in [3.05, 3.63) is 82.4 Å². The second-order valence-electron chi connectivity index (χ2n) is 6.06. The van der Waals surface area contributed by atoms with Crippen molar-refractivity contribution in [1.82, 2.24) is 20.3 Å². The smallest absolute Gasteiger partial charge is 0.270 e. The van der Waals surface area contributed by atoms with Gasteiger partial charge in [0.1, 0.15) is 5.69 Å². The molecule has 0 atom stereocenters. The Balaban J connectivity index is 1.58. The fourth-order valence-electron chi connectivity index (χ4n) is 2.51. The largest absolute Gasteiger partial charge is 0.354 e. The molecule has 2 aromatic heterocycles. The van der Waals surface area contributed by atoms with Gasteiger partial charge < -0.3 is 10.6 Å². The Kier molecular flexibility index (Phi) is 6.33. The number of rotatable bonds is 7. The van der Waals surface area contributed by atoms with Crippen molar-refractivity contribution in [3.8, 4) is 0 Å². The van der Waals surface area contributed by atoms with Crippen LogP contribution in [-0.2, 0) is 13.0 Å². The first-order chi connectivity index (χ1) is 13.1. The predicted octanol–water partition coefficient (Wildman–Crippen LogP) is 3.42. The monoisotopic (exact) mass is 381 g/mol. The minimum absolute atomic E-state index is 0.238. The SMILES string of the molecule is Cc1cc(C(=O)NCc2ccncc2)nc(NCCc2ccc(Cl)cc2)n1. The summed E-state index contributed by atoms with van der Waals surface area (Å²) in [6, 6.07) is 13.1. The van der Waals surface area contributed by atoms with E-state index in [4.69, 9.17) is 11.6 Å². The number of amides is 1. The Morgan fingerprint density at radius 1 is 1.04 bits per heavy atom. The highest BCUT2D eigenvalue weighted by Gasteiger charge is 2.10. The van der Waals surface area contributed by atoms with Crippen LogP contribution < -0.4 is 10.6 Å². The van der Waals surface area contributed by atoms with E-state index in [0.29, 0.717) is 24.7 Å². The number of aryl methyl sites for hydroxylation is 1. The molecule has 2 heterocycles. The number of pyridine rings is 1. The maximum Gasteiger partial charge on any atom is 0.270 e. The van der Waals surface area contributed by atoms with Gasteiger partial charge in [0.05, 0.1) is 0 Å². The molecule has 138 valence electrons. The lowest BCUT2D eigenvalue weighted by Crippen LogP contribution is -2.24. The van der Waals surface area contributed by atoms with Crippen LogP contribution in [0.5, 0.6) is 0 Å². The lowest BCUT2D eigenvalue weighted by Gasteiger charge is -2.09. The third-order valence-electron chi connectivity index (χ3n) is 3.90. The third-order valence-corrected chi connectivity index (χ3v) is 4.15. The Hall–Kier alpha value is -2.99. The van der Waals surface area contributed by atoms with Gasteiger partial charge in [0.2, 0.25) is 5.95 Å². The lowest BCUT2D eigenvalue weighted by molar-refractivity contribution is 0.0945. The number of benzene rings is 1. The van der Waals surface area contributed by atoms with Crippen LogP contribution >= 0.6 is 11.6 Å². The van der Waals surface area contributed by atoms with Gasteiger partial charge >= 0.3 is 0 Å². The molecule has 0 aliphatic carbocycles. The summed E-state index contributed by atoms with van der Waals surface area (Å²) in [6.45, 7) is 2.92. The van der Waals surface area contributed by atoms with E-state index in [1.54, 1.807) is 18.5 Å². The van der Waals surface area contributed by atoms with Crippen molar-refractivity contribution in [1.29, 1.82) is 0 Å². The average molecular weight is 382 g/mol. The zero-order chi connectivity index (χ0) is 19.1. The zero-order valence-electron chi connectivity index (χ0n) is 14.9. The van der Waals surface area contributed by atoms with Gasteiger partial charge in [0.15, 0.2) is 0 Å². The van der Waals surface area contributed by atoms with E-state index in [2.05, 4.69) is 25.6 Å². The van der Waals surface area contributed by atoms with E-state index in [0.717, 1.165) is 28.3 Å². The van der Waals surface area contributed by atoms with E-state index in [1.165, 1.54) is 0 Å². The molecule has 0 aliphatic rings. The van der Waals surface area contributed by atoms with Gasteiger partial charge in [-0.3, -0.25) is 9.78 Å². The number of carbonyl (C=O) groups excluding carboxylic acids is 1. The summed E-state index contributed by atoms with van der Waals surface area (Å²) in [5.41, 5.74) is 3.21.